The second-order valence-electron chi connectivity index (χ2n) is 3.24. The van der Waals surface area contributed by atoms with Gasteiger partial charge in [-0.3, -0.25) is 0 Å². The first-order valence-corrected chi connectivity index (χ1v) is 4.23. The van der Waals surface area contributed by atoms with Gasteiger partial charge in [-0.25, -0.2) is 4.68 Å². The van der Waals surface area contributed by atoms with Crippen molar-refractivity contribution in [2.45, 2.75) is 33.7 Å². The van der Waals surface area contributed by atoms with Gasteiger partial charge in [0.05, 0.1) is 5.69 Å². The topological polar surface area (TPSA) is 30.7 Å². The second-order valence-corrected chi connectivity index (χ2v) is 3.24. The Labute approximate surface area is 71.6 Å². The molecule has 1 aromatic rings. The van der Waals surface area contributed by atoms with Crippen LogP contribution in [0.5, 0.6) is 0 Å². The average molecular weight is 171 g/mol. The highest BCUT2D eigenvalue weighted by Crippen LogP contribution is 2.09. The molecule has 68 valence electrons. The van der Waals surface area contributed by atoms with Crippen molar-refractivity contribution in [3.63, 3.8) is 0 Å². The molecule has 0 saturated carbocycles. The Hall–Kier alpha value is -0.930. The van der Waals surface area contributed by atoms with Gasteiger partial charge in [0.25, 0.3) is 5.95 Å². The number of hydrogen-bond donors (Lipinski definition) is 0. The van der Waals surface area contributed by atoms with Crippen LogP contribution in [0, 0.1) is 11.9 Å². The van der Waals surface area contributed by atoms with Crippen molar-refractivity contribution in [3.05, 3.63) is 11.6 Å². The van der Waals surface area contributed by atoms with Crippen molar-refractivity contribution in [3.8, 4) is 0 Å². The molecule has 0 unspecified atom stereocenters. The van der Waals surface area contributed by atoms with Gasteiger partial charge in [-0.1, -0.05) is 24.2 Å². The minimum Gasteiger partial charge on any atom is -0.247 e. The Morgan fingerprint density at radius 2 is 2.17 bits per heavy atom. The van der Waals surface area contributed by atoms with E-state index in [4.69, 9.17) is 0 Å². The van der Waals surface area contributed by atoms with Gasteiger partial charge in [0.2, 0.25) is 0 Å². The van der Waals surface area contributed by atoms with E-state index in [9.17, 15) is 4.39 Å². The molecule has 0 aliphatic heterocycles. The van der Waals surface area contributed by atoms with Gasteiger partial charge in [-0.05, 0) is 19.3 Å². The molecule has 0 radical (unpaired) electrons. The maximum absolute atomic E-state index is 13.0. The van der Waals surface area contributed by atoms with Crippen LogP contribution in [-0.2, 0) is 13.0 Å². The summed E-state index contributed by atoms with van der Waals surface area (Å²) in [5, 5.41) is 7.07. The van der Waals surface area contributed by atoms with Crippen LogP contribution in [0.25, 0.3) is 0 Å². The molecule has 1 rings (SSSR count). The first-order valence-electron chi connectivity index (χ1n) is 4.23. The van der Waals surface area contributed by atoms with Crippen LogP contribution >= 0.6 is 0 Å². The van der Waals surface area contributed by atoms with Crippen LogP contribution in [0.2, 0.25) is 0 Å². The van der Waals surface area contributed by atoms with Crippen molar-refractivity contribution in [2.75, 3.05) is 0 Å². The fourth-order valence-electron chi connectivity index (χ4n) is 1.14. The van der Waals surface area contributed by atoms with Crippen molar-refractivity contribution in [1.82, 2.24) is 15.0 Å². The summed E-state index contributed by atoms with van der Waals surface area (Å²) >= 11 is 0. The Kier molecular flexibility index (Phi) is 2.78. The summed E-state index contributed by atoms with van der Waals surface area (Å²) in [4.78, 5) is 0. The van der Waals surface area contributed by atoms with Crippen molar-refractivity contribution < 1.29 is 4.39 Å². The molecule has 0 aromatic carbocycles. The Morgan fingerprint density at radius 3 is 2.67 bits per heavy atom. The molecule has 3 nitrogen and oxygen atoms in total. The highest BCUT2D eigenvalue weighted by atomic mass is 19.1. The molecule has 0 aliphatic carbocycles. The number of aromatic nitrogens is 3. The van der Waals surface area contributed by atoms with E-state index in [1.165, 1.54) is 0 Å². The normalized spacial score (nSPS) is 11.1. The maximum atomic E-state index is 13.0. The Bertz CT molecular complexity index is 255. The first kappa shape index (κ1) is 9.16. The zero-order valence-electron chi connectivity index (χ0n) is 7.71. The van der Waals surface area contributed by atoms with E-state index in [0.29, 0.717) is 24.6 Å². The molecular formula is C8H14FN3. The van der Waals surface area contributed by atoms with E-state index >= 15 is 0 Å². The smallest absolute Gasteiger partial charge is 0.247 e. The summed E-state index contributed by atoms with van der Waals surface area (Å²) in [5.74, 6) is 0.00819. The average Bonchev–Trinajstić information content (AvgIpc) is 2.32. The number of hydrogen-bond acceptors (Lipinski definition) is 2. The van der Waals surface area contributed by atoms with Gasteiger partial charge in [-0.2, -0.15) is 4.39 Å². The van der Waals surface area contributed by atoms with Crippen molar-refractivity contribution in [2.24, 2.45) is 5.92 Å². The fraction of sp³-hybridized carbons (Fsp3) is 0.750. The lowest BCUT2D eigenvalue weighted by atomic mass is 10.1. The fourth-order valence-corrected chi connectivity index (χ4v) is 1.14. The zero-order chi connectivity index (χ0) is 9.14. The molecule has 4 heteroatoms. The predicted octanol–water partition coefficient (Wildman–Crippen LogP) is 1.64. The first-order chi connectivity index (χ1) is 5.65. The van der Waals surface area contributed by atoms with Gasteiger partial charge >= 0.3 is 0 Å². The van der Waals surface area contributed by atoms with E-state index in [0.717, 1.165) is 0 Å². The number of rotatable bonds is 3. The van der Waals surface area contributed by atoms with Gasteiger partial charge in [-0.15, -0.1) is 0 Å². The minimum atomic E-state index is -0.425. The van der Waals surface area contributed by atoms with E-state index in [1.54, 1.807) is 4.68 Å². The number of halogens is 1. The molecule has 0 spiro atoms. The standard InChI is InChI=1S/C8H14FN3/c1-4-12-7(5-6(2)3)8(9)10-11-12/h6H,4-5H2,1-3H3. The van der Waals surface area contributed by atoms with Crippen LogP contribution in [0.4, 0.5) is 4.39 Å². The third-order valence-electron chi connectivity index (χ3n) is 1.69. The minimum absolute atomic E-state index is 0.425. The highest BCUT2D eigenvalue weighted by molar-refractivity contribution is 4.97. The molecule has 0 atom stereocenters. The summed E-state index contributed by atoms with van der Waals surface area (Å²) in [6.45, 7) is 6.70. The molecule has 1 heterocycles. The van der Waals surface area contributed by atoms with Gasteiger partial charge in [0, 0.05) is 6.54 Å². The van der Waals surface area contributed by atoms with E-state index in [2.05, 4.69) is 10.3 Å². The molecule has 0 bridgehead atoms. The van der Waals surface area contributed by atoms with Crippen LogP contribution in [0.15, 0.2) is 0 Å². The molecule has 0 aliphatic rings. The molecule has 0 N–H and O–H groups in total. The summed E-state index contributed by atoms with van der Waals surface area (Å²) in [7, 11) is 0. The second kappa shape index (κ2) is 3.65. The van der Waals surface area contributed by atoms with Crippen LogP contribution in [0.1, 0.15) is 26.5 Å². The molecule has 12 heavy (non-hydrogen) atoms. The van der Waals surface area contributed by atoms with Gasteiger partial charge in [0.1, 0.15) is 0 Å². The van der Waals surface area contributed by atoms with Crippen LogP contribution in [-0.4, -0.2) is 15.0 Å². The van der Waals surface area contributed by atoms with E-state index < -0.39 is 5.95 Å². The Morgan fingerprint density at radius 1 is 1.50 bits per heavy atom. The summed E-state index contributed by atoms with van der Waals surface area (Å²) < 4.78 is 14.6. The quantitative estimate of drug-likeness (QED) is 0.692. The monoisotopic (exact) mass is 171 g/mol. The number of nitrogens with zero attached hydrogens (tertiary/aromatic N) is 3. The van der Waals surface area contributed by atoms with E-state index in [-0.39, 0.29) is 0 Å². The van der Waals surface area contributed by atoms with Crippen LogP contribution < -0.4 is 0 Å². The summed E-state index contributed by atoms with van der Waals surface area (Å²) in [5.41, 5.74) is 0.618. The molecule has 0 amide bonds. The van der Waals surface area contributed by atoms with Gasteiger partial charge in [0.15, 0.2) is 0 Å². The molecular weight excluding hydrogens is 157 g/mol. The molecule has 1 aromatic heterocycles. The highest BCUT2D eigenvalue weighted by Gasteiger charge is 2.12. The predicted molar refractivity (Wildman–Crippen MR) is 44.2 cm³/mol. The van der Waals surface area contributed by atoms with E-state index in [1.807, 2.05) is 20.8 Å². The van der Waals surface area contributed by atoms with Crippen molar-refractivity contribution >= 4 is 0 Å². The third-order valence-corrected chi connectivity index (χ3v) is 1.69. The molecule has 0 fully saturated rings. The summed E-state index contributed by atoms with van der Waals surface area (Å²) in [6.07, 6.45) is 0.701. The van der Waals surface area contributed by atoms with Gasteiger partial charge < -0.3 is 0 Å². The lowest BCUT2D eigenvalue weighted by Gasteiger charge is -2.05. The largest absolute Gasteiger partial charge is 0.255 e. The summed E-state index contributed by atoms with van der Waals surface area (Å²) in [6, 6.07) is 0. The maximum Gasteiger partial charge on any atom is 0.255 e. The SMILES string of the molecule is CCn1nnc(F)c1CC(C)C. The number of aryl methyl sites for hydroxylation is 1. The zero-order valence-corrected chi connectivity index (χ0v) is 7.71. The lowest BCUT2D eigenvalue weighted by molar-refractivity contribution is 0.525. The Balaban J connectivity index is 2.86. The third kappa shape index (κ3) is 1.81. The lowest BCUT2D eigenvalue weighted by Crippen LogP contribution is -2.06. The molecule has 0 saturated heterocycles. The van der Waals surface area contributed by atoms with Crippen LogP contribution in [0.3, 0.4) is 0 Å². The van der Waals surface area contributed by atoms with Crippen molar-refractivity contribution in [1.29, 1.82) is 0 Å².